The normalized spacial score (nSPS) is 20.9. The molecule has 0 N–H and O–H groups in total. The quantitative estimate of drug-likeness (QED) is 0.478. The van der Waals surface area contributed by atoms with Gasteiger partial charge in [-0.3, -0.25) is 0 Å². The molecule has 14 heavy (non-hydrogen) atoms. The Bertz CT molecular complexity index is 227. The molecule has 0 aromatic carbocycles. The molecule has 0 bridgehead atoms. The topological polar surface area (TPSA) is 35.5 Å². The van der Waals surface area contributed by atoms with Crippen molar-refractivity contribution in [1.29, 1.82) is 0 Å². The van der Waals surface area contributed by atoms with E-state index in [2.05, 4.69) is 0 Å². The SMILES string of the molecule is CC(C)(C)OC(=O)/C=C1/CCCOC1. The first kappa shape index (κ1) is 11.2. The van der Waals surface area contributed by atoms with Crippen molar-refractivity contribution in [1.82, 2.24) is 0 Å². The molecule has 80 valence electrons. The molecule has 1 fully saturated rings. The van der Waals surface area contributed by atoms with Gasteiger partial charge in [-0.2, -0.15) is 0 Å². The summed E-state index contributed by atoms with van der Waals surface area (Å²) in [5.41, 5.74) is 0.620. The molecule has 0 aromatic rings. The summed E-state index contributed by atoms with van der Waals surface area (Å²) >= 11 is 0. The fourth-order valence-corrected chi connectivity index (χ4v) is 1.29. The molecule has 1 rings (SSSR count). The minimum atomic E-state index is -0.413. The van der Waals surface area contributed by atoms with Gasteiger partial charge in [-0.05, 0) is 39.2 Å². The average Bonchev–Trinajstić information content (AvgIpc) is 2.02. The van der Waals surface area contributed by atoms with Crippen molar-refractivity contribution in [3.8, 4) is 0 Å². The highest BCUT2D eigenvalue weighted by Crippen LogP contribution is 2.14. The van der Waals surface area contributed by atoms with Crippen LogP contribution >= 0.6 is 0 Å². The predicted molar refractivity (Wildman–Crippen MR) is 54.0 cm³/mol. The van der Waals surface area contributed by atoms with Crippen molar-refractivity contribution in [3.63, 3.8) is 0 Å². The van der Waals surface area contributed by atoms with Gasteiger partial charge in [0.2, 0.25) is 0 Å². The zero-order valence-electron chi connectivity index (χ0n) is 9.13. The predicted octanol–water partition coefficient (Wildman–Crippen LogP) is 2.06. The lowest BCUT2D eigenvalue weighted by Gasteiger charge is -2.19. The standard InChI is InChI=1S/C11H18O3/c1-11(2,3)14-10(12)7-9-5-4-6-13-8-9/h7H,4-6,8H2,1-3H3/b9-7-. The van der Waals surface area contributed by atoms with Gasteiger partial charge in [-0.25, -0.2) is 4.79 Å². The summed E-state index contributed by atoms with van der Waals surface area (Å²) in [6.07, 6.45) is 3.50. The number of esters is 1. The number of rotatable bonds is 1. The van der Waals surface area contributed by atoms with Crippen LogP contribution < -0.4 is 0 Å². The Morgan fingerprint density at radius 2 is 2.21 bits per heavy atom. The third kappa shape index (κ3) is 4.42. The molecule has 0 unspecified atom stereocenters. The molecule has 3 nitrogen and oxygen atoms in total. The molecule has 3 heteroatoms. The second-order valence-corrected chi connectivity index (χ2v) is 4.49. The molecule has 0 saturated carbocycles. The van der Waals surface area contributed by atoms with Crippen molar-refractivity contribution < 1.29 is 14.3 Å². The maximum atomic E-state index is 11.4. The van der Waals surface area contributed by atoms with Gasteiger partial charge in [0.05, 0.1) is 6.61 Å². The summed E-state index contributed by atoms with van der Waals surface area (Å²) in [6, 6.07) is 0. The number of carbonyl (C=O) groups is 1. The highest BCUT2D eigenvalue weighted by molar-refractivity contribution is 5.83. The Balaban J connectivity index is 2.45. The molecule has 0 radical (unpaired) electrons. The van der Waals surface area contributed by atoms with Crippen molar-refractivity contribution >= 4 is 5.97 Å². The lowest BCUT2D eigenvalue weighted by Crippen LogP contribution is -2.23. The number of hydrogen-bond acceptors (Lipinski definition) is 3. The van der Waals surface area contributed by atoms with Gasteiger partial charge in [-0.15, -0.1) is 0 Å². The lowest BCUT2D eigenvalue weighted by atomic mass is 10.1. The average molecular weight is 198 g/mol. The number of ether oxygens (including phenoxy) is 2. The van der Waals surface area contributed by atoms with Gasteiger partial charge >= 0.3 is 5.97 Å². The van der Waals surface area contributed by atoms with E-state index < -0.39 is 5.60 Å². The Hall–Kier alpha value is -0.830. The van der Waals surface area contributed by atoms with Gasteiger partial charge in [0.1, 0.15) is 5.60 Å². The molecule has 0 atom stereocenters. The molecule has 1 aliphatic rings. The molecule has 0 amide bonds. The van der Waals surface area contributed by atoms with E-state index in [9.17, 15) is 4.79 Å². The molecule has 1 heterocycles. The van der Waals surface area contributed by atoms with E-state index in [0.717, 1.165) is 25.0 Å². The molecule has 0 aliphatic carbocycles. The van der Waals surface area contributed by atoms with Crippen LogP contribution in [0.25, 0.3) is 0 Å². The summed E-state index contributed by atoms with van der Waals surface area (Å²) in [5, 5.41) is 0. The summed E-state index contributed by atoms with van der Waals surface area (Å²) in [4.78, 5) is 11.4. The Morgan fingerprint density at radius 3 is 2.71 bits per heavy atom. The monoisotopic (exact) mass is 198 g/mol. The Labute approximate surface area is 85.1 Å². The zero-order valence-corrected chi connectivity index (χ0v) is 9.13. The van der Waals surface area contributed by atoms with Crippen LogP contribution in [0.4, 0.5) is 0 Å². The van der Waals surface area contributed by atoms with Crippen LogP contribution in [0.2, 0.25) is 0 Å². The van der Waals surface area contributed by atoms with Gasteiger partial charge in [0, 0.05) is 12.7 Å². The molecular formula is C11H18O3. The summed E-state index contributed by atoms with van der Waals surface area (Å²) < 4.78 is 10.4. The summed E-state index contributed by atoms with van der Waals surface area (Å²) in [5.74, 6) is -0.266. The highest BCUT2D eigenvalue weighted by Gasteiger charge is 2.15. The molecule has 0 aromatic heterocycles. The first-order valence-electron chi connectivity index (χ1n) is 4.97. The Morgan fingerprint density at radius 1 is 1.50 bits per heavy atom. The van der Waals surface area contributed by atoms with Crippen LogP contribution in [0.15, 0.2) is 11.6 Å². The van der Waals surface area contributed by atoms with E-state index in [1.807, 2.05) is 20.8 Å². The molecule has 0 spiro atoms. The fraction of sp³-hybridized carbons (Fsp3) is 0.727. The highest BCUT2D eigenvalue weighted by atomic mass is 16.6. The van der Waals surface area contributed by atoms with E-state index in [1.165, 1.54) is 0 Å². The van der Waals surface area contributed by atoms with Crippen molar-refractivity contribution in [2.75, 3.05) is 13.2 Å². The number of hydrogen-bond donors (Lipinski definition) is 0. The van der Waals surface area contributed by atoms with Crippen molar-refractivity contribution in [2.24, 2.45) is 0 Å². The summed E-state index contributed by atoms with van der Waals surface area (Å²) in [6.45, 7) is 6.95. The minimum Gasteiger partial charge on any atom is -0.457 e. The maximum absolute atomic E-state index is 11.4. The van der Waals surface area contributed by atoms with Crippen molar-refractivity contribution in [3.05, 3.63) is 11.6 Å². The van der Waals surface area contributed by atoms with E-state index in [1.54, 1.807) is 6.08 Å². The largest absolute Gasteiger partial charge is 0.457 e. The van der Waals surface area contributed by atoms with Crippen LogP contribution in [0.3, 0.4) is 0 Å². The van der Waals surface area contributed by atoms with E-state index in [4.69, 9.17) is 9.47 Å². The third-order valence-corrected chi connectivity index (χ3v) is 1.80. The third-order valence-electron chi connectivity index (χ3n) is 1.80. The summed E-state index contributed by atoms with van der Waals surface area (Å²) in [7, 11) is 0. The molecular weight excluding hydrogens is 180 g/mol. The van der Waals surface area contributed by atoms with Crippen LogP contribution in [0, 0.1) is 0 Å². The first-order valence-corrected chi connectivity index (χ1v) is 4.97. The van der Waals surface area contributed by atoms with E-state index in [-0.39, 0.29) is 5.97 Å². The molecule has 1 saturated heterocycles. The fourth-order valence-electron chi connectivity index (χ4n) is 1.29. The van der Waals surface area contributed by atoms with E-state index in [0.29, 0.717) is 6.61 Å². The molecule has 1 aliphatic heterocycles. The van der Waals surface area contributed by atoms with Crippen LogP contribution in [-0.2, 0) is 14.3 Å². The van der Waals surface area contributed by atoms with Crippen LogP contribution in [-0.4, -0.2) is 24.8 Å². The van der Waals surface area contributed by atoms with Crippen LogP contribution in [0.5, 0.6) is 0 Å². The van der Waals surface area contributed by atoms with E-state index >= 15 is 0 Å². The van der Waals surface area contributed by atoms with Gasteiger partial charge in [0.25, 0.3) is 0 Å². The maximum Gasteiger partial charge on any atom is 0.331 e. The zero-order chi connectivity index (χ0) is 10.6. The van der Waals surface area contributed by atoms with Gasteiger partial charge in [0.15, 0.2) is 0 Å². The van der Waals surface area contributed by atoms with Gasteiger partial charge in [-0.1, -0.05) is 0 Å². The van der Waals surface area contributed by atoms with Gasteiger partial charge < -0.3 is 9.47 Å². The Kier molecular flexibility index (Phi) is 3.69. The van der Waals surface area contributed by atoms with Crippen molar-refractivity contribution in [2.45, 2.75) is 39.2 Å². The smallest absolute Gasteiger partial charge is 0.331 e. The second kappa shape index (κ2) is 4.60. The lowest BCUT2D eigenvalue weighted by molar-refractivity contribution is -0.148. The van der Waals surface area contributed by atoms with Crippen LogP contribution in [0.1, 0.15) is 33.6 Å². The minimum absolute atomic E-state index is 0.266. The second-order valence-electron chi connectivity index (χ2n) is 4.49. The first-order chi connectivity index (χ1) is 6.47. The number of carbonyl (C=O) groups excluding carboxylic acids is 1.